The Hall–Kier alpha value is -0.610. The van der Waals surface area contributed by atoms with Crippen LogP contribution in [0.15, 0.2) is 0 Å². The Morgan fingerprint density at radius 2 is 1.89 bits per heavy atom. The van der Waals surface area contributed by atoms with E-state index in [0.29, 0.717) is 31.6 Å². The van der Waals surface area contributed by atoms with E-state index in [1.807, 2.05) is 4.90 Å². The molecule has 1 saturated heterocycles. The fourth-order valence-corrected chi connectivity index (χ4v) is 2.50. The van der Waals surface area contributed by atoms with Crippen molar-refractivity contribution in [2.75, 3.05) is 32.8 Å². The first kappa shape index (κ1) is 15.4. The lowest BCUT2D eigenvalue weighted by atomic mass is 9.75. The Morgan fingerprint density at radius 1 is 1.28 bits per heavy atom. The number of nitrogens with zero attached hydrogens (tertiary/aromatic N) is 1. The second kappa shape index (κ2) is 7.10. The lowest BCUT2D eigenvalue weighted by Gasteiger charge is -2.38. The second-order valence-electron chi connectivity index (χ2n) is 6.17. The summed E-state index contributed by atoms with van der Waals surface area (Å²) < 4.78 is 5.25. The molecule has 2 N–H and O–H groups in total. The maximum absolute atomic E-state index is 11.9. The normalized spacial score (nSPS) is 18.1. The Kier molecular flexibility index (Phi) is 6.09. The van der Waals surface area contributed by atoms with Crippen LogP contribution in [0.1, 0.15) is 40.0 Å². The van der Waals surface area contributed by atoms with Gasteiger partial charge in [-0.3, -0.25) is 4.79 Å². The van der Waals surface area contributed by atoms with Crippen molar-refractivity contribution in [2.24, 2.45) is 17.1 Å². The standard InChI is InChI=1S/C14H28N2O2/c1-14(2,3)12-4-8-16(9-5-12)13(17)6-10-18-11-7-15/h12H,4-11,15H2,1-3H3. The van der Waals surface area contributed by atoms with Crippen LogP contribution in [-0.4, -0.2) is 43.7 Å². The SMILES string of the molecule is CC(C)(C)C1CCN(C(=O)CCOCCN)CC1. The molecule has 0 radical (unpaired) electrons. The molecule has 1 aliphatic rings. The van der Waals surface area contributed by atoms with Crippen LogP contribution < -0.4 is 5.73 Å². The summed E-state index contributed by atoms with van der Waals surface area (Å²) in [5, 5.41) is 0. The zero-order valence-electron chi connectivity index (χ0n) is 12.1. The van der Waals surface area contributed by atoms with Gasteiger partial charge in [-0.1, -0.05) is 20.8 Å². The zero-order chi connectivity index (χ0) is 13.6. The van der Waals surface area contributed by atoms with Crippen molar-refractivity contribution in [1.29, 1.82) is 0 Å². The molecule has 0 aliphatic carbocycles. The number of nitrogens with two attached hydrogens (primary N) is 1. The summed E-state index contributed by atoms with van der Waals surface area (Å²) in [7, 11) is 0. The molecule has 106 valence electrons. The van der Waals surface area contributed by atoms with Gasteiger partial charge in [0.25, 0.3) is 0 Å². The number of rotatable bonds is 5. The minimum Gasteiger partial charge on any atom is -0.380 e. The highest BCUT2D eigenvalue weighted by atomic mass is 16.5. The molecule has 0 aromatic heterocycles. The summed E-state index contributed by atoms with van der Waals surface area (Å²) in [6.07, 6.45) is 2.73. The van der Waals surface area contributed by atoms with Gasteiger partial charge >= 0.3 is 0 Å². The number of likely N-dealkylation sites (tertiary alicyclic amines) is 1. The number of carbonyl (C=O) groups excluding carboxylic acids is 1. The molecule has 0 saturated carbocycles. The molecule has 1 fully saturated rings. The van der Waals surface area contributed by atoms with Crippen molar-refractivity contribution in [2.45, 2.75) is 40.0 Å². The predicted molar refractivity (Wildman–Crippen MR) is 73.2 cm³/mol. The van der Waals surface area contributed by atoms with Gasteiger partial charge in [0.15, 0.2) is 0 Å². The lowest BCUT2D eigenvalue weighted by molar-refractivity contribution is -0.134. The van der Waals surface area contributed by atoms with E-state index >= 15 is 0 Å². The zero-order valence-corrected chi connectivity index (χ0v) is 12.1. The van der Waals surface area contributed by atoms with E-state index in [0.717, 1.165) is 31.8 Å². The second-order valence-corrected chi connectivity index (χ2v) is 6.17. The first-order chi connectivity index (χ1) is 8.45. The molecular formula is C14H28N2O2. The van der Waals surface area contributed by atoms with Crippen LogP contribution in [-0.2, 0) is 9.53 Å². The van der Waals surface area contributed by atoms with E-state index in [1.54, 1.807) is 0 Å². The van der Waals surface area contributed by atoms with Gasteiger partial charge in [-0.05, 0) is 24.2 Å². The van der Waals surface area contributed by atoms with Crippen LogP contribution in [0.5, 0.6) is 0 Å². The topological polar surface area (TPSA) is 55.6 Å². The number of piperidine rings is 1. The molecule has 0 bridgehead atoms. The summed E-state index contributed by atoms with van der Waals surface area (Å²) in [4.78, 5) is 13.9. The van der Waals surface area contributed by atoms with Crippen molar-refractivity contribution >= 4 is 5.91 Å². The molecular weight excluding hydrogens is 228 g/mol. The van der Waals surface area contributed by atoms with Crippen molar-refractivity contribution in [3.05, 3.63) is 0 Å². The summed E-state index contributed by atoms with van der Waals surface area (Å²) in [5.41, 5.74) is 5.68. The van der Waals surface area contributed by atoms with Crippen LogP contribution in [0.25, 0.3) is 0 Å². The Labute approximate surface area is 111 Å². The lowest BCUT2D eigenvalue weighted by Crippen LogP contribution is -2.41. The molecule has 0 spiro atoms. The van der Waals surface area contributed by atoms with Crippen molar-refractivity contribution in [1.82, 2.24) is 4.90 Å². The van der Waals surface area contributed by atoms with Crippen molar-refractivity contribution in [3.8, 4) is 0 Å². The van der Waals surface area contributed by atoms with E-state index in [-0.39, 0.29) is 5.91 Å². The molecule has 0 aromatic rings. The van der Waals surface area contributed by atoms with Gasteiger partial charge in [0.05, 0.1) is 19.6 Å². The van der Waals surface area contributed by atoms with E-state index in [2.05, 4.69) is 20.8 Å². The summed E-state index contributed by atoms with van der Waals surface area (Å²) >= 11 is 0. The predicted octanol–water partition coefficient (Wildman–Crippen LogP) is 1.64. The summed E-state index contributed by atoms with van der Waals surface area (Å²) in [6, 6.07) is 0. The van der Waals surface area contributed by atoms with Crippen LogP contribution in [0.3, 0.4) is 0 Å². The molecule has 0 unspecified atom stereocenters. The highest BCUT2D eigenvalue weighted by Gasteiger charge is 2.30. The molecule has 1 rings (SSSR count). The van der Waals surface area contributed by atoms with E-state index in [9.17, 15) is 4.79 Å². The highest BCUT2D eigenvalue weighted by molar-refractivity contribution is 5.76. The summed E-state index contributed by atoms with van der Waals surface area (Å²) in [6.45, 7) is 10.2. The Bertz CT molecular complexity index is 253. The quantitative estimate of drug-likeness (QED) is 0.761. The number of hydrogen-bond acceptors (Lipinski definition) is 3. The van der Waals surface area contributed by atoms with Gasteiger partial charge in [0.2, 0.25) is 5.91 Å². The van der Waals surface area contributed by atoms with Crippen LogP contribution in [0, 0.1) is 11.3 Å². The average molecular weight is 256 g/mol. The Morgan fingerprint density at radius 3 is 2.39 bits per heavy atom. The minimum atomic E-state index is 0.222. The van der Waals surface area contributed by atoms with E-state index < -0.39 is 0 Å². The van der Waals surface area contributed by atoms with Crippen LogP contribution in [0.4, 0.5) is 0 Å². The molecule has 0 aromatic carbocycles. The molecule has 4 nitrogen and oxygen atoms in total. The van der Waals surface area contributed by atoms with Gasteiger partial charge in [0.1, 0.15) is 0 Å². The van der Waals surface area contributed by atoms with Crippen LogP contribution in [0.2, 0.25) is 0 Å². The van der Waals surface area contributed by atoms with Gasteiger partial charge in [-0.15, -0.1) is 0 Å². The van der Waals surface area contributed by atoms with Crippen LogP contribution >= 0.6 is 0 Å². The molecule has 4 heteroatoms. The maximum Gasteiger partial charge on any atom is 0.224 e. The molecule has 0 atom stereocenters. The third-order valence-corrected chi connectivity index (χ3v) is 3.79. The smallest absolute Gasteiger partial charge is 0.224 e. The third kappa shape index (κ3) is 4.94. The largest absolute Gasteiger partial charge is 0.380 e. The van der Waals surface area contributed by atoms with Gasteiger partial charge in [0, 0.05) is 19.6 Å². The van der Waals surface area contributed by atoms with Crippen molar-refractivity contribution < 1.29 is 9.53 Å². The number of carbonyl (C=O) groups is 1. The molecule has 18 heavy (non-hydrogen) atoms. The van der Waals surface area contributed by atoms with Gasteiger partial charge in [-0.25, -0.2) is 0 Å². The fourth-order valence-electron chi connectivity index (χ4n) is 2.50. The summed E-state index contributed by atoms with van der Waals surface area (Å²) in [5.74, 6) is 0.953. The first-order valence-corrected chi connectivity index (χ1v) is 7.00. The van der Waals surface area contributed by atoms with Gasteiger partial charge < -0.3 is 15.4 Å². The van der Waals surface area contributed by atoms with E-state index in [4.69, 9.17) is 10.5 Å². The fraction of sp³-hybridized carbons (Fsp3) is 0.929. The number of ether oxygens (including phenoxy) is 1. The molecule has 1 amide bonds. The first-order valence-electron chi connectivity index (χ1n) is 7.00. The van der Waals surface area contributed by atoms with Crippen molar-refractivity contribution in [3.63, 3.8) is 0 Å². The third-order valence-electron chi connectivity index (χ3n) is 3.79. The maximum atomic E-state index is 11.9. The monoisotopic (exact) mass is 256 g/mol. The number of amides is 1. The number of hydrogen-bond donors (Lipinski definition) is 1. The highest BCUT2D eigenvalue weighted by Crippen LogP contribution is 2.34. The Balaban J connectivity index is 2.23. The average Bonchev–Trinajstić information content (AvgIpc) is 2.33. The van der Waals surface area contributed by atoms with E-state index in [1.165, 1.54) is 0 Å². The minimum absolute atomic E-state index is 0.222. The van der Waals surface area contributed by atoms with Gasteiger partial charge in [-0.2, -0.15) is 0 Å². The molecule has 1 heterocycles. The molecule has 1 aliphatic heterocycles.